The molecular formula is C13H22N2O9. The zero-order valence-corrected chi connectivity index (χ0v) is 13.3. The SMILES string of the molecule is CC(=O)NC1[C@H](O)[C@@H](NC(C)=O)[C@H]([C@H](O)[C@@H](C)O)OC1(O)C(=O)O. The molecule has 1 saturated heterocycles. The predicted octanol–water partition coefficient (Wildman–Crippen LogP) is -3.73. The molecule has 7 N–H and O–H groups in total. The molecule has 0 radical (unpaired) electrons. The Labute approximate surface area is 137 Å². The van der Waals surface area contributed by atoms with E-state index in [4.69, 9.17) is 4.74 Å². The molecule has 2 amide bonds. The van der Waals surface area contributed by atoms with Crippen molar-refractivity contribution >= 4 is 17.8 Å². The third-order valence-corrected chi connectivity index (χ3v) is 3.67. The summed E-state index contributed by atoms with van der Waals surface area (Å²) in [6, 6.07) is -3.23. The molecule has 0 aromatic rings. The topological polar surface area (TPSA) is 186 Å². The summed E-state index contributed by atoms with van der Waals surface area (Å²) in [7, 11) is 0. The number of carbonyl (C=O) groups excluding carboxylic acids is 2. The summed E-state index contributed by atoms with van der Waals surface area (Å²) in [5, 5.41) is 53.7. The third-order valence-electron chi connectivity index (χ3n) is 3.67. The van der Waals surface area contributed by atoms with Crippen molar-refractivity contribution < 1.29 is 44.7 Å². The van der Waals surface area contributed by atoms with Crippen molar-refractivity contribution in [2.24, 2.45) is 0 Å². The van der Waals surface area contributed by atoms with Crippen LogP contribution in [0.2, 0.25) is 0 Å². The molecule has 0 saturated carbocycles. The van der Waals surface area contributed by atoms with Crippen LogP contribution in [0.5, 0.6) is 0 Å². The Morgan fingerprint density at radius 3 is 2.00 bits per heavy atom. The van der Waals surface area contributed by atoms with E-state index < -0.39 is 60.1 Å². The number of aliphatic hydroxyl groups excluding tert-OH is 3. The highest BCUT2D eigenvalue weighted by atomic mass is 16.7. The molecule has 0 bridgehead atoms. The average Bonchev–Trinajstić information content (AvgIpc) is 2.44. The largest absolute Gasteiger partial charge is 0.477 e. The van der Waals surface area contributed by atoms with Crippen LogP contribution in [-0.2, 0) is 19.1 Å². The Hall–Kier alpha value is -1.79. The van der Waals surface area contributed by atoms with E-state index in [-0.39, 0.29) is 0 Å². The van der Waals surface area contributed by atoms with Crippen LogP contribution in [0.3, 0.4) is 0 Å². The van der Waals surface area contributed by atoms with E-state index in [1.165, 1.54) is 6.92 Å². The molecule has 1 aliphatic rings. The second kappa shape index (κ2) is 7.40. The summed E-state index contributed by atoms with van der Waals surface area (Å²) in [4.78, 5) is 34.0. The van der Waals surface area contributed by atoms with Gasteiger partial charge in [0.25, 0.3) is 5.79 Å². The highest BCUT2D eigenvalue weighted by Crippen LogP contribution is 2.31. The molecule has 11 nitrogen and oxygen atoms in total. The van der Waals surface area contributed by atoms with Gasteiger partial charge in [-0.05, 0) is 6.92 Å². The van der Waals surface area contributed by atoms with Crippen LogP contribution in [0.15, 0.2) is 0 Å². The average molecular weight is 350 g/mol. The molecule has 138 valence electrons. The van der Waals surface area contributed by atoms with Crippen molar-refractivity contribution in [2.45, 2.75) is 63.1 Å². The summed E-state index contributed by atoms with van der Waals surface area (Å²) in [5.74, 6) is -6.42. The number of rotatable bonds is 5. The minimum Gasteiger partial charge on any atom is -0.477 e. The van der Waals surface area contributed by atoms with Crippen LogP contribution in [0.25, 0.3) is 0 Å². The second-order valence-corrected chi connectivity index (χ2v) is 5.71. The molecule has 1 rings (SSSR count). The number of hydrogen-bond acceptors (Lipinski definition) is 8. The number of hydrogen-bond donors (Lipinski definition) is 7. The van der Waals surface area contributed by atoms with Gasteiger partial charge in [-0.25, -0.2) is 4.79 Å². The molecule has 0 aliphatic carbocycles. The zero-order valence-electron chi connectivity index (χ0n) is 13.3. The van der Waals surface area contributed by atoms with Gasteiger partial charge in [0.1, 0.15) is 24.4 Å². The van der Waals surface area contributed by atoms with E-state index in [9.17, 15) is 39.9 Å². The smallest absolute Gasteiger partial charge is 0.366 e. The Morgan fingerprint density at radius 1 is 1.12 bits per heavy atom. The van der Waals surface area contributed by atoms with Gasteiger partial charge in [0.05, 0.1) is 12.1 Å². The zero-order chi connectivity index (χ0) is 18.8. The van der Waals surface area contributed by atoms with Crippen molar-refractivity contribution in [3.05, 3.63) is 0 Å². The predicted molar refractivity (Wildman–Crippen MR) is 76.4 cm³/mol. The number of ether oxygens (including phenoxy) is 1. The lowest BCUT2D eigenvalue weighted by Crippen LogP contribution is -2.76. The molecule has 0 aromatic heterocycles. The van der Waals surface area contributed by atoms with Crippen LogP contribution >= 0.6 is 0 Å². The van der Waals surface area contributed by atoms with Crippen molar-refractivity contribution in [3.8, 4) is 0 Å². The maximum atomic E-state index is 11.4. The second-order valence-electron chi connectivity index (χ2n) is 5.71. The van der Waals surface area contributed by atoms with Crippen LogP contribution < -0.4 is 10.6 Å². The Balaban J connectivity index is 3.33. The van der Waals surface area contributed by atoms with Gasteiger partial charge < -0.3 is 40.9 Å². The summed E-state index contributed by atoms with van der Waals surface area (Å²) in [6.07, 6.45) is -6.64. The molecule has 1 fully saturated rings. The molecule has 2 unspecified atom stereocenters. The lowest BCUT2D eigenvalue weighted by Gasteiger charge is -2.48. The molecule has 0 spiro atoms. The molecule has 0 aromatic carbocycles. The lowest BCUT2D eigenvalue weighted by molar-refractivity contribution is -0.304. The fourth-order valence-electron chi connectivity index (χ4n) is 2.53. The van der Waals surface area contributed by atoms with Gasteiger partial charge in [-0.15, -0.1) is 0 Å². The first-order chi connectivity index (χ1) is 10.9. The first kappa shape index (κ1) is 20.3. The first-order valence-corrected chi connectivity index (χ1v) is 7.13. The Kier molecular flexibility index (Phi) is 6.25. The van der Waals surface area contributed by atoms with Crippen LogP contribution in [-0.4, -0.2) is 85.6 Å². The van der Waals surface area contributed by atoms with E-state index in [1.54, 1.807) is 0 Å². The van der Waals surface area contributed by atoms with E-state index in [0.29, 0.717) is 0 Å². The molecule has 1 heterocycles. The molecule has 1 aliphatic heterocycles. The summed E-state index contributed by atoms with van der Waals surface area (Å²) < 4.78 is 5.01. The van der Waals surface area contributed by atoms with Crippen LogP contribution in [0.1, 0.15) is 20.8 Å². The number of carboxylic acid groups (broad SMARTS) is 1. The van der Waals surface area contributed by atoms with Gasteiger partial charge in [-0.2, -0.15) is 0 Å². The van der Waals surface area contributed by atoms with Gasteiger partial charge in [0.2, 0.25) is 11.8 Å². The quantitative estimate of drug-likeness (QED) is 0.262. The Morgan fingerprint density at radius 2 is 1.62 bits per heavy atom. The van der Waals surface area contributed by atoms with Gasteiger partial charge >= 0.3 is 5.97 Å². The summed E-state index contributed by atoms with van der Waals surface area (Å²) >= 11 is 0. The normalized spacial score (nSPS) is 35.6. The summed E-state index contributed by atoms with van der Waals surface area (Å²) in [6.45, 7) is 3.30. The molecular weight excluding hydrogens is 328 g/mol. The fourth-order valence-corrected chi connectivity index (χ4v) is 2.53. The van der Waals surface area contributed by atoms with Crippen molar-refractivity contribution in [1.29, 1.82) is 0 Å². The number of amides is 2. The Bertz CT molecular complexity index is 512. The molecule has 7 atom stereocenters. The third kappa shape index (κ3) is 3.99. The first-order valence-electron chi connectivity index (χ1n) is 7.13. The maximum absolute atomic E-state index is 11.4. The van der Waals surface area contributed by atoms with Gasteiger partial charge in [0, 0.05) is 13.8 Å². The highest BCUT2D eigenvalue weighted by Gasteiger charge is 2.60. The minimum atomic E-state index is -3.08. The molecule has 11 heteroatoms. The van der Waals surface area contributed by atoms with Gasteiger partial charge in [-0.3, -0.25) is 9.59 Å². The number of aliphatic carboxylic acids is 1. The highest BCUT2D eigenvalue weighted by molar-refractivity contribution is 5.80. The van der Waals surface area contributed by atoms with Crippen molar-refractivity contribution in [1.82, 2.24) is 10.6 Å². The number of nitrogens with one attached hydrogen (secondary N) is 2. The van der Waals surface area contributed by atoms with Gasteiger partial charge in [-0.1, -0.05) is 0 Å². The van der Waals surface area contributed by atoms with Gasteiger partial charge in [0.15, 0.2) is 0 Å². The molecule has 24 heavy (non-hydrogen) atoms. The monoisotopic (exact) mass is 350 g/mol. The number of aliphatic hydroxyl groups is 4. The maximum Gasteiger partial charge on any atom is 0.366 e. The van der Waals surface area contributed by atoms with Crippen LogP contribution in [0.4, 0.5) is 0 Å². The van der Waals surface area contributed by atoms with Crippen molar-refractivity contribution in [2.75, 3.05) is 0 Å². The van der Waals surface area contributed by atoms with E-state index in [1.807, 2.05) is 0 Å². The van der Waals surface area contributed by atoms with E-state index >= 15 is 0 Å². The van der Waals surface area contributed by atoms with Crippen LogP contribution in [0, 0.1) is 0 Å². The minimum absolute atomic E-state index is 0.646. The standard InChI is InChI=1S/C13H22N2O9/c1-4(16)8(19)10-7(14-5(2)17)9(20)11(15-6(3)18)13(23,24-10)12(21)22/h4,7-11,16,19-20,23H,1-3H3,(H,14,17)(H,15,18)(H,21,22)/t4-,7-,8-,9-,10-,11?,13?/m1/s1. The lowest BCUT2D eigenvalue weighted by atomic mass is 9.85. The van der Waals surface area contributed by atoms with E-state index in [2.05, 4.69) is 10.6 Å². The number of carboxylic acids is 1. The van der Waals surface area contributed by atoms with E-state index in [0.717, 1.165) is 13.8 Å². The summed E-state index contributed by atoms with van der Waals surface area (Å²) in [5.41, 5.74) is 0. The number of carbonyl (C=O) groups is 3. The fraction of sp³-hybridized carbons (Fsp3) is 0.769. The van der Waals surface area contributed by atoms with Crippen molar-refractivity contribution in [3.63, 3.8) is 0 Å².